The van der Waals surface area contributed by atoms with Crippen molar-refractivity contribution >= 4 is 39.1 Å². The molecule has 0 aliphatic rings. The van der Waals surface area contributed by atoms with E-state index in [0.29, 0.717) is 16.3 Å². The van der Waals surface area contributed by atoms with Gasteiger partial charge in [-0.25, -0.2) is 8.42 Å². The van der Waals surface area contributed by atoms with Crippen molar-refractivity contribution in [2.75, 3.05) is 17.1 Å². The summed E-state index contributed by atoms with van der Waals surface area (Å²) < 4.78 is 26.3. The van der Waals surface area contributed by atoms with Crippen LogP contribution in [-0.4, -0.2) is 50.0 Å². The minimum Gasteiger partial charge on any atom is -0.352 e. The van der Waals surface area contributed by atoms with E-state index >= 15 is 0 Å². The maximum absolute atomic E-state index is 13.5. The second kappa shape index (κ2) is 11.5. The molecule has 0 saturated heterocycles. The first-order valence-corrected chi connectivity index (χ1v) is 13.0. The average molecular weight is 494 g/mol. The van der Waals surface area contributed by atoms with Gasteiger partial charge in [0.1, 0.15) is 12.6 Å². The van der Waals surface area contributed by atoms with Crippen molar-refractivity contribution in [3.8, 4) is 0 Å². The molecule has 2 aromatic rings. The fourth-order valence-electron chi connectivity index (χ4n) is 3.32. The first kappa shape index (κ1) is 26.7. The third-order valence-corrected chi connectivity index (χ3v) is 6.83. The predicted octanol–water partition coefficient (Wildman–Crippen LogP) is 3.75. The summed E-state index contributed by atoms with van der Waals surface area (Å²) in [6, 6.07) is 13.2. The van der Waals surface area contributed by atoms with Crippen LogP contribution in [0.25, 0.3) is 0 Å². The van der Waals surface area contributed by atoms with Crippen LogP contribution in [0.15, 0.2) is 48.5 Å². The molecular weight excluding hydrogens is 462 g/mol. The number of anilines is 1. The van der Waals surface area contributed by atoms with Gasteiger partial charge in [-0.05, 0) is 56.5 Å². The number of carbonyl (C=O) groups is 2. The summed E-state index contributed by atoms with van der Waals surface area (Å²) >= 11 is 6.02. The molecule has 0 unspecified atom stereocenters. The van der Waals surface area contributed by atoms with E-state index in [2.05, 4.69) is 5.32 Å². The molecule has 2 atom stereocenters. The highest BCUT2D eigenvalue weighted by Gasteiger charge is 2.30. The quantitative estimate of drug-likeness (QED) is 0.546. The van der Waals surface area contributed by atoms with E-state index in [4.69, 9.17) is 11.6 Å². The van der Waals surface area contributed by atoms with Crippen molar-refractivity contribution in [3.63, 3.8) is 0 Å². The van der Waals surface area contributed by atoms with E-state index in [1.54, 1.807) is 32.0 Å². The van der Waals surface area contributed by atoms with Crippen molar-refractivity contribution in [2.24, 2.45) is 0 Å². The van der Waals surface area contributed by atoms with Crippen molar-refractivity contribution in [1.29, 1.82) is 0 Å². The molecule has 0 aliphatic heterocycles. The van der Waals surface area contributed by atoms with Gasteiger partial charge in [0.2, 0.25) is 21.8 Å². The van der Waals surface area contributed by atoms with Crippen molar-refractivity contribution < 1.29 is 18.0 Å². The minimum atomic E-state index is -3.78. The molecule has 0 spiro atoms. The lowest BCUT2D eigenvalue weighted by Gasteiger charge is -2.32. The lowest BCUT2D eigenvalue weighted by Crippen LogP contribution is -2.52. The zero-order valence-electron chi connectivity index (χ0n) is 19.7. The molecule has 0 saturated carbocycles. The number of aryl methyl sites for hydroxylation is 1. The largest absolute Gasteiger partial charge is 0.352 e. The number of sulfonamides is 1. The molecule has 1 N–H and O–H groups in total. The number of nitrogens with one attached hydrogen (secondary N) is 1. The molecule has 0 aromatic heterocycles. The van der Waals surface area contributed by atoms with Gasteiger partial charge in [-0.2, -0.15) is 0 Å². The second-order valence-corrected chi connectivity index (χ2v) is 10.5. The number of rotatable bonds is 10. The number of benzene rings is 2. The molecule has 0 aliphatic carbocycles. The van der Waals surface area contributed by atoms with Gasteiger partial charge in [0.05, 0.1) is 11.9 Å². The fraction of sp³-hybridized carbons (Fsp3) is 0.417. The highest BCUT2D eigenvalue weighted by Crippen LogP contribution is 2.26. The Morgan fingerprint density at radius 2 is 1.73 bits per heavy atom. The first-order chi connectivity index (χ1) is 15.4. The number of carbonyl (C=O) groups excluding carboxylic acids is 2. The molecule has 0 radical (unpaired) electrons. The van der Waals surface area contributed by atoms with Gasteiger partial charge in [0.25, 0.3) is 0 Å². The van der Waals surface area contributed by atoms with E-state index in [1.165, 1.54) is 4.90 Å². The molecular formula is C24H32ClN3O4S. The summed E-state index contributed by atoms with van der Waals surface area (Å²) in [5.41, 5.74) is 1.83. The Bertz CT molecular complexity index is 1080. The molecule has 2 aromatic carbocycles. The van der Waals surface area contributed by atoms with Crippen LogP contribution in [0.5, 0.6) is 0 Å². The molecule has 2 amide bonds. The van der Waals surface area contributed by atoms with Crippen molar-refractivity contribution in [3.05, 3.63) is 64.7 Å². The molecule has 9 heteroatoms. The van der Waals surface area contributed by atoms with Crippen LogP contribution in [0.2, 0.25) is 5.02 Å². The van der Waals surface area contributed by atoms with Gasteiger partial charge in [-0.1, -0.05) is 48.9 Å². The summed E-state index contributed by atoms with van der Waals surface area (Å²) in [4.78, 5) is 27.7. The van der Waals surface area contributed by atoms with Crippen LogP contribution in [-0.2, 0) is 26.2 Å². The SMILES string of the molecule is CC[C@H](C)NC(=O)[C@H](C)N(Cc1ccccc1)C(=O)CN(c1ccc(Cl)cc1C)S(C)(=O)=O. The van der Waals surface area contributed by atoms with Gasteiger partial charge in [0.15, 0.2) is 0 Å². The van der Waals surface area contributed by atoms with Gasteiger partial charge in [-0.3, -0.25) is 13.9 Å². The normalized spacial score (nSPS) is 13.2. The number of nitrogens with zero attached hydrogens (tertiary/aromatic N) is 2. The Morgan fingerprint density at radius 3 is 2.27 bits per heavy atom. The van der Waals surface area contributed by atoms with Crippen molar-refractivity contribution in [1.82, 2.24) is 10.2 Å². The number of halogens is 1. The van der Waals surface area contributed by atoms with Gasteiger partial charge in [0, 0.05) is 17.6 Å². The Hall–Kier alpha value is -2.58. The van der Waals surface area contributed by atoms with E-state index in [-0.39, 0.29) is 18.5 Å². The summed E-state index contributed by atoms with van der Waals surface area (Å²) in [5.74, 6) is -0.771. The molecule has 0 bridgehead atoms. The van der Waals surface area contributed by atoms with Crippen LogP contribution in [0.1, 0.15) is 38.3 Å². The van der Waals surface area contributed by atoms with Crippen molar-refractivity contribution in [2.45, 2.75) is 52.7 Å². The molecule has 180 valence electrons. The molecule has 0 fully saturated rings. The topological polar surface area (TPSA) is 86.8 Å². The standard InChI is InChI=1S/C24H32ClN3O4S/c1-6-18(3)26-24(30)19(4)27(15-20-10-8-7-9-11-20)23(29)16-28(33(5,31)32)22-13-12-21(25)14-17(22)2/h7-14,18-19H,6,15-16H2,1-5H3,(H,26,30)/t18-,19-/m0/s1. The number of hydrogen-bond donors (Lipinski definition) is 1. The first-order valence-electron chi connectivity index (χ1n) is 10.8. The van der Waals surface area contributed by atoms with Crippen LogP contribution in [0.3, 0.4) is 0 Å². The Labute approximate surface area is 201 Å². The number of hydrogen-bond acceptors (Lipinski definition) is 4. The van der Waals surface area contributed by atoms with E-state index in [9.17, 15) is 18.0 Å². The summed E-state index contributed by atoms with van der Waals surface area (Å²) in [6.45, 7) is 6.97. The Morgan fingerprint density at radius 1 is 1.09 bits per heavy atom. The average Bonchev–Trinajstić information content (AvgIpc) is 2.75. The van der Waals surface area contributed by atoms with E-state index < -0.39 is 28.5 Å². The monoisotopic (exact) mass is 493 g/mol. The number of amides is 2. The second-order valence-electron chi connectivity index (χ2n) is 8.20. The third-order valence-electron chi connectivity index (χ3n) is 5.47. The highest BCUT2D eigenvalue weighted by molar-refractivity contribution is 7.92. The lowest BCUT2D eigenvalue weighted by molar-refractivity contribution is -0.139. The zero-order valence-corrected chi connectivity index (χ0v) is 21.3. The van der Waals surface area contributed by atoms with Crippen LogP contribution in [0, 0.1) is 6.92 Å². The van der Waals surface area contributed by atoms with Crippen LogP contribution in [0.4, 0.5) is 5.69 Å². The lowest BCUT2D eigenvalue weighted by atomic mass is 10.1. The highest BCUT2D eigenvalue weighted by atomic mass is 35.5. The van der Waals surface area contributed by atoms with Gasteiger partial charge < -0.3 is 10.2 Å². The third kappa shape index (κ3) is 7.47. The Balaban J connectivity index is 2.39. The van der Waals surface area contributed by atoms with Crippen LogP contribution >= 0.6 is 11.6 Å². The van der Waals surface area contributed by atoms with E-state index in [1.807, 2.05) is 44.2 Å². The smallest absolute Gasteiger partial charge is 0.244 e. The molecule has 7 nitrogen and oxygen atoms in total. The summed E-state index contributed by atoms with van der Waals surface area (Å²) in [7, 11) is -3.78. The predicted molar refractivity (Wildman–Crippen MR) is 133 cm³/mol. The zero-order chi connectivity index (χ0) is 24.8. The molecule has 0 heterocycles. The van der Waals surface area contributed by atoms with E-state index in [0.717, 1.165) is 22.5 Å². The fourth-order valence-corrected chi connectivity index (χ4v) is 4.46. The van der Waals surface area contributed by atoms with Gasteiger partial charge >= 0.3 is 0 Å². The Kier molecular flexibility index (Phi) is 9.31. The molecule has 33 heavy (non-hydrogen) atoms. The van der Waals surface area contributed by atoms with Gasteiger partial charge in [-0.15, -0.1) is 0 Å². The maximum atomic E-state index is 13.5. The maximum Gasteiger partial charge on any atom is 0.244 e. The summed E-state index contributed by atoms with van der Waals surface area (Å²) in [5, 5.41) is 3.37. The summed E-state index contributed by atoms with van der Waals surface area (Å²) in [6.07, 6.45) is 1.80. The minimum absolute atomic E-state index is 0.0436. The molecule has 2 rings (SSSR count). The van der Waals surface area contributed by atoms with Crippen LogP contribution < -0.4 is 9.62 Å².